The number of hydrogen-bond donors (Lipinski definition) is 2. The summed E-state index contributed by atoms with van der Waals surface area (Å²) in [6.07, 6.45) is -3.04. The summed E-state index contributed by atoms with van der Waals surface area (Å²) < 4.78 is 70.6. The summed E-state index contributed by atoms with van der Waals surface area (Å²) in [6, 6.07) is 3.39. The lowest BCUT2D eigenvalue weighted by Gasteiger charge is -2.58. The first kappa shape index (κ1) is 29.3. The third kappa shape index (κ3) is 5.40. The minimum absolute atomic E-state index is 0.143. The summed E-state index contributed by atoms with van der Waals surface area (Å²) in [5.41, 5.74) is -3.62. The Hall–Kier alpha value is -2.65. The lowest BCUT2D eigenvalue weighted by molar-refractivity contribution is -0.162. The zero-order chi connectivity index (χ0) is 29.4. The van der Waals surface area contributed by atoms with Gasteiger partial charge in [-0.3, -0.25) is 9.69 Å². The number of hydrogen-bond acceptors (Lipinski definition) is 2. The van der Waals surface area contributed by atoms with Crippen molar-refractivity contribution in [1.82, 2.24) is 10.2 Å². The normalized spacial score (nSPS) is 31.2. The molecule has 2 N–H and O–H groups in total. The van der Waals surface area contributed by atoms with Crippen molar-refractivity contribution in [3.63, 3.8) is 0 Å². The molecule has 1 aromatic carbocycles. The average molecular weight is 557 g/mol. The molecular weight excluding hydrogens is 519 g/mol. The summed E-state index contributed by atoms with van der Waals surface area (Å²) in [5, 5.41) is 12.4. The van der Waals surface area contributed by atoms with Gasteiger partial charge in [-0.2, -0.15) is 13.2 Å². The Morgan fingerprint density at radius 3 is 2.18 bits per heavy atom. The van der Waals surface area contributed by atoms with Crippen LogP contribution >= 0.6 is 0 Å². The van der Waals surface area contributed by atoms with E-state index in [1.165, 1.54) is 17.2 Å². The predicted molar refractivity (Wildman–Crippen MR) is 136 cm³/mol. The third-order valence-corrected chi connectivity index (χ3v) is 8.73. The fourth-order valence-electron chi connectivity index (χ4n) is 6.54. The summed E-state index contributed by atoms with van der Waals surface area (Å²) in [6.45, 7) is 10.7. The van der Waals surface area contributed by atoms with Crippen LogP contribution in [0.3, 0.4) is 0 Å². The lowest BCUT2D eigenvalue weighted by atomic mass is 9.58. The first-order valence-electron chi connectivity index (χ1n) is 13.2. The predicted octanol–water partition coefficient (Wildman–Crippen LogP) is 7.50. The SMILES string of the molecule is CC(C)(C)CCc1ccc([C@]2(C)NC(=O)N(C3(C)CC(C)(C(=O)O)C3)C=C2C2CC(F)(F)C2)cc1C(F)(F)F. The molecule has 0 unspecified atom stereocenters. The zero-order valence-corrected chi connectivity index (χ0v) is 23.2. The number of aryl methyl sites for hydroxylation is 1. The Bertz CT molecular complexity index is 1200. The second-order valence-electron chi connectivity index (χ2n) is 13.6. The van der Waals surface area contributed by atoms with Gasteiger partial charge >= 0.3 is 18.2 Å². The van der Waals surface area contributed by atoms with Crippen molar-refractivity contribution in [2.75, 3.05) is 0 Å². The number of carboxylic acid groups (broad SMARTS) is 1. The van der Waals surface area contributed by atoms with E-state index in [-0.39, 0.29) is 35.8 Å². The summed E-state index contributed by atoms with van der Waals surface area (Å²) in [5.74, 6) is -4.54. The van der Waals surface area contributed by atoms with E-state index in [4.69, 9.17) is 0 Å². The molecule has 1 heterocycles. The molecule has 10 heteroatoms. The van der Waals surface area contributed by atoms with E-state index < -0.39 is 64.9 Å². The number of alkyl halides is 5. The molecule has 1 aliphatic heterocycles. The van der Waals surface area contributed by atoms with Crippen molar-refractivity contribution in [2.45, 2.75) is 103 Å². The second kappa shape index (κ2) is 8.93. The van der Waals surface area contributed by atoms with Gasteiger partial charge in [0.05, 0.1) is 16.5 Å². The van der Waals surface area contributed by atoms with Crippen LogP contribution in [0.15, 0.2) is 30.0 Å². The molecule has 39 heavy (non-hydrogen) atoms. The Morgan fingerprint density at radius 1 is 1.10 bits per heavy atom. The molecule has 0 radical (unpaired) electrons. The number of nitrogens with zero attached hydrogens (tertiary/aromatic N) is 1. The van der Waals surface area contributed by atoms with Crippen LogP contribution in [0.4, 0.5) is 26.7 Å². The topological polar surface area (TPSA) is 69.6 Å². The van der Waals surface area contributed by atoms with Crippen LogP contribution in [-0.2, 0) is 22.9 Å². The van der Waals surface area contributed by atoms with Gasteiger partial charge in [0.1, 0.15) is 0 Å². The van der Waals surface area contributed by atoms with E-state index in [1.807, 2.05) is 20.8 Å². The van der Waals surface area contributed by atoms with Crippen LogP contribution < -0.4 is 5.32 Å². The van der Waals surface area contributed by atoms with E-state index in [0.717, 1.165) is 6.07 Å². The summed E-state index contributed by atoms with van der Waals surface area (Å²) in [7, 11) is 0. The van der Waals surface area contributed by atoms with Crippen LogP contribution in [0.2, 0.25) is 0 Å². The van der Waals surface area contributed by atoms with Crippen molar-refractivity contribution in [2.24, 2.45) is 16.7 Å². The van der Waals surface area contributed by atoms with E-state index >= 15 is 0 Å². The first-order chi connectivity index (χ1) is 17.6. The van der Waals surface area contributed by atoms with Crippen LogP contribution in [0.25, 0.3) is 0 Å². The minimum Gasteiger partial charge on any atom is -0.481 e. The molecule has 2 amide bonds. The molecule has 1 aromatic rings. The number of amides is 2. The maximum Gasteiger partial charge on any atom is 0.416 e. The van der Waals surface area contributed by atoms with Crippen molar-refractivity contribution in [1.29, 1.82) is 0 Å². The molecule has 4 rings (SSSR count). The van der Waals surface area contributed by atoms with Gasteiger partial charge in [-0.15, -0.1) is 0 Å². The Balaban J connectivity index is 1.76. The maximum atomic E-state index is 14.2. The molecule has 0 saturated heterocycles. The fourth-order valence-corrected chi connectivity index (χ4v) is 6.54. The largest absolute Gasteiger partial charge is 0.481 e. The van der Waals surface area contributed by atoms with Gasteiger partial charge in [0.25, 0.3) is 0 Å². The Labute approximate surface area is 225 Å². The fraction of sp³-hybridized carbons (Fsp3) is 0.655. The van der Waals surface area contributed by atoms with Crippen LogP contribution in [0, 0.1) is 16.7 Å². The highest BCUT2D eigenvalue weighted by Crippen LogP contribution is 2.56. The van der Waals surface area contributed by atoms with Gasteiger partial charge in [0.15, 0.2) is 0 Å². The molecule has 0 bridgehead atoms. The number of urea groups is 1. The van der Waals surface area contributed by atoms with E-state index in [9.17, 15) is 36.6 Å². The molecule has 3 aliphatic rings. The van der Waals surface area contributed by atoms with Gasteiger partial charge in [-0.05, 0) is 80.6 Å². The third-order valence-electron chi connectivity index (χ3n) is 8.73. The van der Waals surface area contributed by atoms with E-state index in [2.05, 4.69) is 5.32 Å². The van der Waals surface area contributed by atoms with Crippen molar-refractivity contribution >= 4 is 12.0 Å². The van der Waals surface area contributed by atoms with Gasteiger partial charge < -0.3 is 10.4 Å². The van der Waals surface area contributed by atoms with Gasteiger partial charge in [-0.25, -0.2) is 13.6 Å². The molecule has 0 aromatic heterocycles. The quantitative estimate of drug-likeness (QED) is 0.357. The van der Waals surface area contributed by atoms with Gasteiger partial charge in [0, 0.05) is 24.6 Å². The highest BCUT2D eigenvalue weighted by Gasteiger charge is 2.60. The summed E-state index contributed by atoms with van der Waals surface area (Å²) in [4.78, 5) is 26.4. The highest BCUT2D eigenvalue weighted by atomic mass is 19.4. The van der Waals surface area contributed by atoms with Crippen LogP contribution in [0.5, 0.6) is 0 Å². The summed E-state index contributed by atoms with van der Waals surface area (Å²) >= 11 is 0. The second-order valence-corrected chi connectivity index (χ2v) is 13.6. The van der Waals surface area contributed by atoms with E-state index in [0.29, 0.717) is 12.0 Å². The monoisotopic (exact) mass is 556 g/mol. The van der Waals surface area contributed by atoms with Gasteiger partial charge in [-0.1, -0.05) is 32.9 Å². The standard InChI is InChI=1S/C29H37F5N2O3/c1-24(2,3)10-9-17-7-8-19(11-20(17)29(32,33)34)27(6)21(18-12-28(30,31)13-18)14-36(23(39)35-27)26(5)15-25(4,16-26)22(37)38/h7-8,11,14,18H,9-10,12-13,15-16H2,1-6H3,(H,35,39)(H,37,38)/t25?,26?,27-/m0/s1. The number of nitrogens with one attached hydrogen (secondary N) is 1. The average Bonchev–Trinajstić information content (AvgIpc) is 2.73. The number of carbonyl (C=O) groups is 2. The number of halogens is 5. The molecule has 2 saturated carbocycles. The van der Waals surface area contributed by atoms with Crippen molar-refractivity contribution in [3.8, 4) is 0 Å². The molecule has 2 fully saturated rings. The lowest BCUT2D eigenvalue weighted by Crippen LogP contribution is -2.67. The molecular formula is C29H37F5N2O3. The molecule has 1 atom stereocenters. The molecule has 0 spiro atoms. The zero-order valence-electron chi connectivity index (χ0n) is 23.2. The Kier molecular flexibility index (Phi) is 6.72. The van der Waals surface area contributed by atoms with Crippen molar-refractivity contribution < 1.29 is 36.6 Å². The number of rotatable bonds is 6. The minimum atomic E-state index is -4.64. The van der Waals surface area contributed by atoms with Gasteiger partial charge in [0.2, 0.25) is 5.92 Å². The Morgan fingerprint density at radius 2 is 1.69 bits per heavy atom. The first-order valence-corrected chi connectivity index (χ1v) is 13.2. The number of carboxylic acids is 1. The maximum absolute atomic E-state index is 14.2. The molecule has 2 aliphatic carbocycles. The van der Waals surface area contributed by atoms with Crippen LogP contribution in [-0.4, -0.2) is 33.5 Å². The smallest absolute Gasteiger partial charge is 0.416 e. The molecule has 5 nitrogen and oxygen atoms in total. The number of carbonyl (C=O) groups excluding carboxylic acids is 1. The number of aliphatic carboxylic acids is 1. The molecule has 216 valence electrons. The number of benzene rings is 1. The van der Waals surface area contributed by atoms with E-state index in [1.54, 1.807) is 26.8 Å². The highest BCUT2D eigenvalue weighted by molar-refractivity contribution is 5.82. The van der Waals surface area contributed by atoms with Crippen LogP contribution in [0.1, 0.15) is 90.3 Å². The van der Waals surface area contributed by atoms with Crippen molar-refractivity contribution in [3.05, 3.63) is 46.7 Å².